The highest BCUT2D eigenvalue weighted by Crippen LogP contribution is 2.41. The molecule has 4 aromatic rings. The van der Waals surface area contributed by atoms with E-state index < -0.39 is 33.8 Å². The number of amides is 4. The van der Waals surface area contributed by atoms with Crippen molar-refractivity contribution in [3.8, 4) is 17.2 Å². The summed E-state index contributed by atoms with van der Waals surface area (Å²) in [6, 6.07) is 23.5. The van der Waals surface area contributed by atoms with Crippen LogP contribution in [-0.4, -0.2) is 55.1 Å². The number of benzene rings is 4. The molecule has 5 rings (SSSR count). The molecule has 49 heavy (non-hydrogen) atoms. The quantitative estimate of drug-likeness (QED) is 0.0849. The molecule has 1 aliphatic heterocycles. The van der Waals surface area contributed by atoms with Crippen molar-refractivity contribution >= 4 is 58.5 Å². The zero-order chi connectivity index (χ0) is 35.1. The van der Waals surface area contributed by atoms with Crippen LogP contribution in [0.15, 0.2) is 102 Å². The van der Waals surface area contributed by atoms with Gasteiger partial charge in [0.05, 0.1) is 37.2 Å². The fourth-order valence-corrected chi connectivity index (χ4v) is 6.15. The summed E-state index contributed by atoms with van der Waals surface area (Å²) in [4.78, 5) is 65.0. The van der Waals surface area contributed by atoms with Gasteiger partial charge in [0.2, 0.25) is 17.6 Å². The molecule has 1 fully saturated rings. The Morgan fingerprint density at radius 2 is 1.61 bits per heavy atom. The normalized spacial score (nSPS) is 14.3. The van der Waals surface area contributed by atoms with Gasteiger partial charge in [-0.25, -0.2) is 4.90 Å². The zero-order valence-corrected chi connectivity index (χ0v) is 27.3. The first-order valence-corrected chi connectivity index (χ1v) is 15.6. The number of methoxy groups -OCH3 is 3. The molecule has 1 saturated heterocycles. The molecule has 13 nitrogen and oxygen atoms in total. The number of nitro groups is 1. The average molecular weight is 683 g/mol. The standard InChI is InChI=1S/C35H30N4O9S/c1-46-28-17-12-22(31(47-2)32(28)48-3)18-27(37-33(41)21-8-5-4-6-9-21)34(42)36-23-10-7-11-26(19-23)49-29-20-30(40)38(35(29)43)24-13-15-25(16-14-24)39(44)45/h4-19,29H,20H2,1-3H3,(H,36,42)(H,37,41)/b27-18-/t29-/m1/s1. The van der Waals surface area contributed by atoms with Crippen LogP contribution in [-0.2, 0) is 14.4 Å². The smallest absolute Gasteiger partial charge is 0.272 e. The first-order chi connectivity index (χ1) is 23.6. The van der Waals surface area contributed by atoms with Crippen molar-refractivity contribution in [2.24, 2.45) is 0 Å². The van der Waals surface area contributed by atoms with Crippen LogP contribution in [0.3, 0.4) is 0 Å². The van der Waals surface area contributed by atoms with E-state index in [1.807, 2.05) is 0 Å². The van der Waals surface area contributed by atoms with E-state index in [4.69, 9.17) is 14.2 Å². The Bertz CT molecular complexity index is 1950. The van der Waals surface area contributed by atoms with Crippen molar-refractivity contribution in [2.45, 2.75) is 16.6 Å². The number of carbonyl (C=O) groups is 4. The number of carbonyl (C=O) groups excluding carboxylic acids is 4. The lowest BCUT2D eigenvalue weighted by molar-refractivity contribution is -0.384. The van der Waals surface area contributed by atoms with Crippen molar-refractivity contribution in [3.63, 3.8) is 0 Å². The first-order valence-electron chi connectivity index (χ1n) is 14.7. The van der Waals surface area contributed by atoms with Crippen molar-refractivity contribution in [2.75, 3.05) is 31.5 Å². The summed E-state index contributed by atoms with van der Waals surface area (Å²) in [5.74, 6) is -1.09. The monoisotopic (exact) mass is 682 g/mol. The molecule has 4 amide bonds. The number of ether oxygens (including phenoxy) is 3. The third kappa shape index (κ3) is 7.71. The molecule has 250 valence electrons. The Morgan fingerprint density at radius 1 is 0.898 bits per heavy atom. The van der Waals surface area contributed by atoms with Gasteiger partial charge in [-0.15, -0.1) is 11.8 Å². The van der Waals surface area contributed by atoms with Crippen LogP contribution in [0.25, 0.3) is 6.08 Å². The highest BCUT2D eigenvalue weighted by Gasteiger charge is 2.40. The molecule has 0 unspecified atom stereocenters. The number of nitro benzene ring substituents is 1. The highest BCUT2D eigenvalue weighted by molar-refractivity contribution is 8.00. The van der Waals surface area contributed by atoms with E-state index >= 15 is 0 Å². The van der Waals surface area contributed by atoms with Gasteiger partial charge in [0.25, 0.3) is 17.5 Å². The molecular weight excluding hydrogens is 652 g/mol. The number of anilines is 2. The van der Waals surface area contributed by atoms with Gasteiger partial charge in [0.15, 0.2) is 11.5 Å². The summed E-state index contributed by atoms with van der Waals surface area (Å²) >= 11 is 1.14. The summed E-state index contributed by atoms with van der Waals surface area (Å²) in [5.41, 5.74) is 1.09. The molecule has 0 radical (unpaired) electrons. The number of hydrogen-bond acceptors (Lipinski definition) is 10. The van der Waals surface area contributed by atoms with Crippen LogP contribution < -0.4 is 29.7 Å². The fourth-order valence-electron chi connectivity index (χ4n) is 5.04. The number of nitrogens with one attached hydrogen (secondary N) is 2. The van der Waals surface area contributed by atoms with Crippen molar-refractivity contribution < 1.29 is 38.3 Å². The molecule has 0 bridgehead atoms. The molecule has 2 N–H and O–H groups in total. The second-order valence-electron chi connectivity index (χ2n) is 10.4. The molecular formula is C35H30N4O9S. The minimum Gasteiger partial charge on any atom is -0.493 e. The van der Waals surface area contributed by atoms with E-state index in [-0.39, 0.29) is 29.2 Å². The maximum Gasteiger partial charge on any atom is 0.272 e. The van der Waals surface area contributed by atoms with Gasteiger partial charge in [-0.05, 0) is 60.7 Å². The van der Waals surface area contributed by atoms with Crippen molar-refractivity contribution in [1.29, 1.82) is 0 Å². The van der Waals surface area contributed by atoms with Crippen molar-refractivity contribution in [1.82, 2.24) is 5.32 Å². The number of imide groups is 1. The summed E-state index contributed by atoms with van der Waals surface area (Å²) < 4.78 is 16.4. The van der Waals surface area contributed by atoms with Crippen LogP contribution in [0.5, 0.6) is 17.2 Å². The predicted molar refractivity (Wildman–Crippen MR) is 183 cm³/mol. The maximum atomic E-state index is 13.7. The minimum absolute atomic E-state index is 0.0807. The lowest BCUT2D eigenvalue weighted by Gasteiger charge is -2.16. The van der Waals surface area contributed by atoms with E-state index in [1.54, 1.807) is 66.7 Å². The van der Waals surface area contributed by atoms with Gasteiger partial charge in [-0.1, -0.05) is 24.3 Å². The van der Waals surface area contributed by atoms with E-state index in [9.17, 15) is 29.3 Å². The van der Waals surface area contributed by atoms with E-state index in [0.29, 0.717) is 33.2 Å². The SMILES string of the molecule is COc1ccc(/C=C(\NC(=O)c2ccccc2)C(=O)Nc2cccc(S[C@@H]3CC(=O)N(c4ccc([N+](=O)[O-])cc4)C3=O)c2)c(OC)c1OC. The first kappa shape index (κ1) is 34.2. The van der Waals surface area contributed by atoms with Gasteiger partial charge in [0.1, 0.15) is 5.70 Å². The van der Waals surface area contributed by atoms with Crippen LogP contribution in [0.2, 0.25) is 0 Å². The van der Waals surface area contributed by atoms with Crippen LogP contribution in [0.4, 0.5) is 17.1 Å². The summed E-state index contributed by atoms with van der Waals surface area (Å²) in [6.07, 6.45) is 1.37. The third-order valence-electron chi connectivity index (χ3n) is 7.36. The van der Waals surface area contributed by atoms with Crippen LogP contribution in [0.1, 0.15) is 22.3 Å². The van der Waals surface area contributed by atoms with Crippen LogP contribution in [0, 0.1) is 10.1 Å². The summed E-state index contributed by atoms with van der Waals surface area (Å²) in [7, 11) is 4.37. The molecule has 1 aliphatic rings. The van der Waals surface area contributed by atoms with Gasteiger partial charge in [-0.3, -0.25) is 29.3 Å². The number of thioether (sulfide) groups is 1. The number of hydrogen-bond donors (Lipinski definition) is 2. The maximum absolute atomic E-state index is 13.7. The predicted octanol–water partition coefficient (Wildman–Crippen LogP) is 5.45. The highest BCUT2D eigenvalue weighted by atomic mass is 32.2. The van der Waals surface area contributed by atoms with Crippen LogP contribution >= 0.6 is 11.8 Å². The molecule has 4 aromatic carbocycles. The fraction of sp³-hybridized carbons (Fsp3) is 0.143. The topological polar surface area (TPSA) is 166 Å². The van der Waals surface area contributed by atoms with E-state index in [2.05, 4.69) is 10.6 Å². The molecule has 1 heterocycles. The molecule has 0 aliphatic carbocycles. The average Bonchev–Trinajstić information content (AvgIpc) is 3.39. The zero-order valence-electron chi connectivity index (χ0n) is 26.5. The summed E-state index contributed by atoms with van der Waals surface area (Å²) in [5, 5.41) is 15.7. The Kier molecular flexibility index (Phi) is 10.6. The molecule has 1 atom stereocenters. The molecule has 0 saturated carbocycles. The van der Waals surface area contributed by atoms with Gasteiger partial charge < -0.3 is 24.8 Å². The molecule has 0 aromatic heterocycles. The van der Waals surface area contributed by atoms with E-state index in [1.165, 1.54) is 51.7 Å². The second kappa shape index (κ2) is 15.2. The summed E-state index contributed by atoms with van der Waals surface area (Å²) in [6.45, 7) is 0. The lowest BCUT2D eigenvalue weighted by atomic mass is 10.1. The van der Waals surface area contributed by atoms with Gasteiger partial charge in [0, 0.05) is 40.3 Å². The van der Waals surface area contributed by atoms with Gasteiger partial charge in [-0.2, -0.15) is 0 Å². The number of non-ortho nitro benzene ring substituents is 1. The van der Waals surface area contributed by atoms with E-state index in [0.717, 1.165) is 16.7 Å². The minimum atomic E-state index is -0.758. The molecule has 14 heteroatoms. The molecule has 0 spiro atoms. The Balaban J connectivity index is 1.38. The number of rotatable bonds is 12. The second-order valence-corrected chi connectivity index (χ2v) is 11.7. The lowest BCUT2D eigenvalue weighted by Crippen LogP contribution is -2.31. The number of nitrogens with zero attached hydrogens (tertiary/aromatic N) is 2. The van der Waals surface area contributed by atoms with Crippen molar-refractivity contribution in [3.05, 3.63) is 118 Å². The Morgan fingerprint density at radius 3 is 2.27 bits per heavy atom. The third-order valence-corrected chi connectivity index (χ3v) is 8.54. The Labute approximate surface area is 285 Å². The largest absolute Gasteiger partial charge is 0.493 e. The Hall–Kier alpha value is -6.15. The van der Waals surface area contributed by atoms with Gasteiger partial charge >= 0.3 is 0 Å².